The molecule has 2 bridgehead atoms. The Bertz CT molecular complexity index is 2400. The quantitative estimate of drug-likeness (QED) is 0.185. The van der Waals surface area contributed by atoms with E-state index < -0.39 is 0 Å². The van der Waals surface area contributed by atoms with Crippen molar-refractivity contribution in [2.75, 3.05) is 0 Å². The molecule has 0 N–H and O–H groups in total. The van der Waals surface area contributed by atoms with Gasteiger partial charge in [0.05, 0.1) is 11.6 Å². The van der Waals surface area contributed by atoms with Gasteiger partial charge >= 0.3 is 0 Å². The summed E-state index contributed by atoms with van der Waals surface area (Å²) in [5.41, 5.74) is 8.91. The van der Waals surface area contributed by atoms with E-state index in [1.54, 1.807) is 6.07 Å². The molecule has 5 heteroatoms. The predicted octanol–water partition coefficient (Wildman–Crippen LogP) is 11.4. The first-order chi connectivity index (χ1) is 24.4. The minimum atomic E-state index is 0.334. The summed E-state index contributed by atoms with van der Waals surface area (Å²) in [6.45, 7) is 4.91. The highest BCUT2D eigenvalue weighted by Gasteiger charge is 2.45. The van der Waals surface area contributed by atoms with Crippen LogP contribution in [-0.4, -0.2) is 15.0 Å². The number of aromatic nitrogens is 3. The second-order valence-electron chi connectivity index (χ2n) is 14.9. The van der Waals surface area contributed by atoms with Crippen molar-refractivity contribution >= 4 is 21.9 Å². The molecule has 2 fully saturated rings. The first kappa shape index (κ1) is 30.5. The third-order valence-electron chi connectivity index (χ3n) is 11.1. The number of fused-ring (bicyclic) bond motifs is 5. The Morgan fingerprint density at radius 2 is 1.14 bits per heavy atom. The number of rotatable bonds is 5. The van der Waals surface area contributed by atoms with E-state index in [0.717, 1.165) is 61.9 Å². The number of benzene rings is 5. The molecule has 7 aromatic rings. The minimum absolute atomic E-state index is 0.334. The van der Waals surface area contributed by atoms with E-state index in [1.807, 2.05) is 60.7 Å². The number of hydrogen-bond donors (Lipinski definition) is 0. The van der Waals surface area contributed by atoms with Gasteiger partial charge in [0.2, 0.25) is 0 Å². The van der Waals surface area contributed by atoms with E-state index >= 15 is 0 Å². The molecule has 9 rings (SSSR count). The average Bonchev–Trinajstić information content (AvgIpc) is 3.51. The van der Waals surface area contributed by atoms with Crippen molar-refractivity contribution in [3.05, 3.63) is 126 Å². The van der Waals surface area contributed by atoms with Crippen LogP contribution in [0.5, 0.6) is 0 Å². The molecule has 244 valence electrons. The van der Waals surface area contributed by atoms with Gasteiger partial charge in [-0.15, -0.1) is 0 Å². The summed E-state index contributed by atoms with van der Waals surface area (Å²) in [6.07, 6.45) is 6.77. The van der Waals surface area contributed by atoms with E-state index in [2.05, 4.69) is 68.4 Å². The van der Waals surface area contributed by atoms with Gasteiger partial charge in [-0.25, -0.2) is 15.0 Å². The van der Waals surface area contributed by atoms with Gasteiger partial charge in [-0.05, 0) is 108 Å². The van der Waals surface area contributed by atoms with Crippen LogP contribution >= 0.6 is 0 Å². The van der Waals surface area contributed by atoms with Crippen molar-refractivity contribution in [3.63, 3.8) is 0 Å². The van der Waals surface area contributed by atoms with Gasteiger partial charge in [0.25, 0.3) is 0 Å². The first-order valence-corrected chi connectivity index (χ1v) is 17.8. The van der Waals surface area contributed by atoms with E-state index in [4.69, 9.17) is 19.4 Å². The van der Waals surface area contributed by atoms with Crippen molar-refractivity contribution < 1.29 is 4.42 Å². The van der Waals surface area contributed by atoms with Crippen molar-refractivity contribution in [3.8, 4) is 51.4 Å². The fourth-order valence-corrected chi connectivity index (χ4v) is 9.25. The lowest BCUT2D eigenvalue weighted by atomic mass is 9.54. The third-order valence-corrected chi connectivity index (χ3v) is 11.1. The standard InChI is InChI=1S/C45H38N4O/c1-28-19-31-20-29(2)25-45(24-28,26-31)37-15-11-32(12-16-37)34-13-17-38-39-18-14-36(23-41(39)50-40(38)22-34)44-48-42(33-8-4-3-5-9-33)47-43(49-44)35-10-6-7-30(21-35)27-46/h3-18,21-23,28-29,31H,19-20,24-26H2,1-2H3/t28-,29+,31-,45?. The van der Waals surface area contributed by atoms with Crippen LogP contribution in [0.1, 0.15) is 57.1 Å². The molecule has 2 aliphatic carbocycles. The lowest BCUT2D eigenvalue weighted by molar-refractivity contribution is 0.0780. The molecule has 2 aromatic heterocycles. The Balaban J connectivity index is 1.07. The summed E-state index contributed by atoms with van der Waals surface area (Å²) in [5.74, 6) is 4.11. The van der Waals surface area contributed by atoms with Gasteiger partial charge < -0.3 is 4.42 Å². The van der Waals surface area contributed by atoms with E-state index in [-0.39, 0.29) is 0 Å². The normalized spacial score (nSPS) is 21.7. The van der Waals surface area contributed by atoms with Crippen LogP contribution in [0.15, 0.2) is 120 Å². The highest BCUT2D eigenvalue weighted by Crippen LogP contribution is 2.54. The average molecular weight is 651 g/mol. The first-order valence-electron chi connectivity index (χ1n) is 17.8. The van der Waals surface area contributed by atoms with Crippen LogP contribution in [-0.2, 0) is 5.41 Å². The number of hydrogen-bond acceptors (Lipinski definition) is 5. The molecule has 0 aliphatic heterocycles. The molecule has 5 nitrogen and oxygen atoms in total. The monoisotopic (exact) mass is 650 g/mol. The molecule has 50 heavy (non-hydrogen) atoms. The molecule has 5 aromatic carbocycles. The van der Waals surface area contributed by atoms with Crippen LogP contribution in [0, 0.1) is 29.1 Å². The molecule has 0 saturated heterocycles. The van der Waals surface area contributed by atoms with Crippen LogP contribution in [0.25, 0.3) is 67.2 Å². The zero-order valence-electron chi connectivity index (χ0n) is 28.4. The third kappa shape index (κ3) is 5.46. The van der Waals surface area contributed by atoms with Crippen molar-refractivity contribution in [2.45, 2.75) is 51.4 Å². The molecule has 2 aliphatic rings. The summed E-state index contributed by atoms with van der Waals surface area (Å²) < 4.78 is 6.52. The molecule has 0 amide bonds. The molecule has 2 heterocycles. The van der Waals surface area contributed by atoms with E-state index in [0.29, 0.717) is 28.5 Å². The van der Waals surface area contributed by atoms with Crippen LogP contribution in [0.3, 0.4) is 0 Å². The molecule has 0 spiro atoms. The van der Waals surface area contributed by atoms with Crippen molar-refractivity contribution in [2.24, 2.45) is 17.8 Å². The van der Waals surface area contributed by atoms with Gasteiger partial charge in [-0.1, -0.05) is 92.7 Å². The Kier molecular flexibility index (Phi) is 7.35. The fourth-order valence-electron chi connectivity index (χ4n) is 9.25. The molecular weight excluding hydrogens is 613 g/mol. The predicted molar refractivity (Wildman–Crippen MR) is 200 cm³/mol. The Hall–Kier alpha value is -5.60. The summed E-state index contributed by atoms with van der Waals surface area (Å²) in [5, 5.41) is 11.6. The Morgan fingerprint density at radius 3 is 1.80 bits per heavy atom. The zero-order chi connectivity index (χ0) is 33.8. The summed E-state index contributed by atoms with van der Waals surface area (Å²) >= 11 is 0. The van der Waals surface area contributed by atoms with Crippen LogP contribution < -0.4 is 0 Å². The number of nitrogens with zero attached hydrogens (tertiary/aromatic N) is 4. The summed E-state index contributed by atoms with van der Waals surface area (Å²) in [6, 6.07) is 41.6. The number of nitriles is 1. The lowest BCUT2D eigenvalue weighted by Gasteiger charge is -2.50. The fraction of sp³-hybridized carbons (Fsp3) is 0.244. The van der Waals surface area contributed by atoms with E-state index in [1.165, 1.54) is 43.2 Å². The molecule has 4 atom stereocenters. The minimum Gasteiger partial charge on any atom is -0.456 e. The second-order valence-corrected chi connectivity index (χ2v) is 14.9. The van der Waals surface area contributed by atoms with Crippen molar-refractivity contribution in [1.82, 2.24) is 15.0 Å². The van der Waals surface area contributed by atoms with Crippen LogP contribution in [0.2, 0.25) is 0 Å². The summed E-state index contributed by atoms with van der Waals surface area (Å²) in [7, 11) is 0. The largest absolute Gasteiger partial charge is 0.456 e. The second kappa shape index (κ2) is 12.1. The molecule has 2 saturated carbocycles. The SMILES string of the molecule is C[C@@H]1C[C@@H]2C[C@H](C)CC(c3ccc(-c4ccc5c(c4)oc4cc(-c6nc(-c7ccccc7)nc(-c7cccc(C#N)c7)n6)ccc45)cc3)(C1)C2. The van der Waals surface area contributed by atoms with Gasteiger partial charge in [0.1, 0.15) is 11.2 Å². The van der Waals surface area contributed by atoms with Gasteiger partial charge in [-0.2, -0.15) is 5.26 Å². The van der Waals surface area contributed by atoms with Crippen LogP contribution in [0.4, 0.5) is 0 Å². The highest BCUT2D eigenvalue weighted by atomic mass is 16.3. The van der Waals surface area contributed by atoms with Crippen molar-refractivity contribution in [1.29, 1.82) is 5.26 Å². The topological polar surface area (TPSA) is 75.6 Å². The maximum atomic E-state index is 9.51. The Labute approximate surface area is 292 Å². The lowest BCUT2D eigenvalue weighted by Crippen LogP contribution is -2.42. The molecule has 1 unspecified atom stereocenters. The molecular formula is C45H38N4O. The van der Waals surface area contributed by atoms with E-state index in [9.17, 15) is 5.26 Å². The van der Waals surface area contributed by atoms with Gasteiger partial charge in [0.15, 0.2) is 17.5 Å². The molecule has 0 radical (unpaired) electrons. The maximum absolute atomic E-state index is 9.51. The van der Waals surface area contributed by atoms with Gasteiger partial charge in [-0.3, -0.25) is 0 Å². The highest BCUT2D eigenvalue weighted by molar-refractivity contribution is 6.06. The maximum Gasteiger partial charge on any atom is 0.164 e. The summed E-state index contributed by atoms with van der Waals surface area (Å²) in [4.78, 5) is 14.6. The smallest absolute Gasteiger partial charge is 0.164 e. The zero-order valence-corrected chi connectivity index (χ0v) is 28.4. The number of furan rings is 1. The van der Waals surface area contributed by atoms with Gasteiger partial charge in [0, 0.05) is 27.5 Å². The Morgan fingerprint density at radius 1 is 0.580 bits per heavy atom.